The third-order valence-corrected chi connectivity index (χ3v) is 4.65. The van der Waals surface area contributed by atoms with E-state index in [1.165, 1.54) is 5.56 Å². The van der Waals surface area contributed by atoms with Crippen LogP contribution in [0.1, 0.15) is 27.9 Å². The van der Waals surface area contributed by atoms with Gasteiger partial charge in [0.1, 0.15) is 5.75 Å². The van der Waals surface area contributed by atoms with Gasteiger partial charge in [-0.15, -0.1) is 0 Å². The lowest BCUT2D eigenvalue weighted by molar-refractivity contribution is 0.0954. The predicted molar refractivity (Wildman–Crippen MR) is 117 cm³/mol. The Morgan fingerprint density at radius 1 is 0.931 bits per heavy atom. The lowest BCUT2D eigenvalue weighted by Crippen LogP contribution is -2.25. The van der Waals surface area contributed by atoms with Gasteiger partial charge < -0.3 is 15.4 Å². The second kappa shape index (κ2) is 10.9. The monoisotopic (exact) mass is 389 g/mol. The predicted octanol–water partition coefficient (Wildman–Crippen LogP) is 4.11. The van der Waals surface area contributed by atoms with Crippen molar-refractivity contribution in [3.8, 4) is 5.75 Å². The summed E-state index contributed by atoms with van der Waals surface area (Å²) in [5, 5.41) is 6.30. The molecule has 0 atom stereocenters. The maximum absolute atomic E-state index is 12.4. The second-order valence-electron chi connectivity index (χ2n) is 6.84. The van der Waals surface area contributed by atoms with Crippen LogP contribution in [0.2, 0.25) is 0 Å². The number of carbonyl (C=O) groups is 1. The van der Waals surface area contributed by atoms with Crippen LogP contribution in [0.4, 0.5) is 5.69 Å². The van der Waals surface area contributed by atoms with Gasteiger partial charge in [-0.25, -0.2) is 0 Å². The van der Waals surface area contributed by atoms with E-state index in [0.717, 1.165) is 42.8 Å². The average Bonchev–Trinajstić information content (AvgIpc) is 2.78. The van der Waals surface area contributed by atoms with Gasteiger partial charge in [0.05, 0.1) is 18.4 Å². The highest BCUT2D eigenvalue weighted by Crippen LogP contribution is 2.13. The highest BCUT2D eigenvalue weighted by molar-refractivity contribution is 5.94. The van der Waals surface area contributed by atoms with E-state index >= 15 is 0 Å². The van der Waals surface area contributed by atoms with Crippen LogP contribution < -0.4 is 15.4 Å². The Bertz CT molecular complexity index is 913. The van der Waals surface area contributed by atoms with Crippen molar-refractivity contribution >= 4 is 11.6 Å². The van der Waals surface area contributed by atoms with Crippen LogP contribution in [0.25, 0.3) is 0 Å². The van der Waals surface area contributed by atoms with Crippen LogP contribution in [-0.2, 0) is 12.8 Å². The molecule has 2 aromatic carbocycles. The van der Waals surface area contributed by atoms with Crippen molar-refractivity contribution in [2.24, 2.45) is 0 Å². The molecule has 0 aliphatic rings. The maximum Gasteiger partial charge on any atom is 0.252 e. The fraction of sp³-hybridized carbons (Fsp3) is 0.250. The summed E-state index contributed by atoms with van der Waals surface area (Å²) in [4.78, 5) is 16.6. The smallest absolute Gasteiger partial charge is 0.252 e. The van der Waals surface area contributed by atoms with Gasteiger partial charge in [0.15, 0.2) is 0 Å². The molecule has 0 saturated heterocycles. The molecule has 29 heavy (non-hydrogen) atoms. The van der Waals surface area contributed by atoms with Gasteiger partial charge in [0, 0.05) is 25.5 Å². The molecule has 3 aromatic rings. The molecule has 0 spiro atoms. The third kappa shape index (κ3) is 6.64. The zero-order valence-corrected chi connectivity index (χ0v) is 16.7. The number of ether oxygens (including phenoxy) is 1. The highest BCUT2D eigenvalue weighted by atomic mass is 16.5. The van der Waals surface area contributed by atoms with Gasteiger partial charge in [-0.05, 0) is 48.6 Å². The number of aromatic nitrogens is 1. The largest absolute Gasteiger partial charge is 0.497 e. The maximum atomic E-state index is 12.4. The summed E-state index contributed by atoms with van der Waals surface area (Å²) in [6.07, 6.45) is 6.12. The zero-order valence-electron chi connectivity index (χ0n) is 16.7. The summed E-state index contributed by atoms with van der Waals surface area (Å²) in [7, 11) is 1.65. The molecular weight excluding hydrogens is 362 g/mol. The Morgan fingerprint density at radius 3 is 2.59 bits per heavy atom. The summed E-state index contributed by atoms with van der Waals surface area (Å²) in [6, 6.07) is 20.1. The number of nitrogens with zero attached hydrogens (tertiary/aromatic N) is 1. The number of hydrogen-bond donors (Lipinski definition) is 2. The Labute approximate surface area is 172 Å². The van der Waals surface area contributed by atoms with Crippen molar-refractivity contribution in [2.75, 3.05) is 25.5 Å². The minimum Gasteiger partial charge on any atom is -0.497 e. The molecule has 0 fully saturated rings. The number of nitrogens with one attached hydrogen (secondary N) is 2. The second-order valence-corrected chi connectivity index (χ2v) is 6.84. The first-order chi connectivity index (χ1) is 14.2. The van der Waals surface area contributed by atoms with Crippen molar-refractivity contribution in [1.29, 1.82) is 0 Å². The molecule has 0 bridgehead atoms. The average molecular weight is 389 g/mol. The van der Waals surface area contributed by atoms with Gasteiger partial charge in [-0.2, -0.15) is 0 Å². The Balaban J connectivity index is 1.43. The minimum atomic E-state index is -0.117. The van der Waals surface area contributed by atoms with Crippen molar-refractivity contribution in [2.45, 2.75) is 19.3 Å². The van der Waals surface area contributed by atoms with Crippen LogP contribution in [0.3, 0.4) is 0 Å². The number of amides is 1. The normalized spacial score (nSPS) is 10.4. The molecule has 1 heterocycles. The number of pyridine rings is 1. The number of aryl methyl sites for hydroxylation is 1. The molecule has 5 nitrogen and oxygen atoms in total. The summed E-state index contributed by atoms with van der Waals surface area (Å²) in [5.41, 5.74) is 3.87. The topological polar surface area (TPSA) is 63.2 Å². The number of anilines is 1. The number of carbonyl (C=O) groups excluding carboxylic acids is 1. The fourth-order valence-electron chi connectivity index (χ4n) is 3.08. The minimum absolute atomic E-state index is 0.117. The molecule has 0 aliphatic heterocycles. The Hall–Kier alpha value is -3.34. The first kappa shape index (κ1) is 20.4. The van der Waals surface area contributed by atoms with E-state index in [9.17, 15) is 4.79 Å². The van der Waals surface area contributed by atoms with Gasteiger partial charge in [0.2, 0.25) is 0 Å². The molecule has 1 amide bonds. The lowest BCUT2D eigenvalue weighted by atomic mass is 10.1. The number of rotatable bonds is 10. The summed E-state index contributed by atoms with van der Waals surface area (Å²) in [6.45, 7) is 1.39. The molecular formula is C24H27N3O2. The van der Waals surface area contributed by atoms with E-state index < -0.39 is 0 Å². The zero-order chi connectivity index (χ0) is 20.3. The van der Waals surface area contributed by atoms with Crippen molar-refractivity contribution in [3.05, 3.63) is 89.7 Å². The lowest BCUT2D eigenvalue weighted by Gasteiger charge is -2.09. The van der Waals surface area contributed by atoms with Crippen LogP contribution in [0.15, 0.2) is 73.1 Å². The fourth-order valence-corrected chi connectivity index (χ4v) is 3.08. The van der Waals surface area contributed by atoms with Crippen LogP contribution in [0, 0.1) is 0 Å². The third-order valence-electron chi connectivity index (χ3n) is 4.65. The quantitative estimate of drug-likeness (QED) is 0.512. The van der Waals surface area contributed by atoms with Crippen molar-refractivity contribution < 1.29 is 9.53 Å². The molecule has 2 N–H and O–H groups in total. The summed E-state index contributed by atoms with van der Waals surface area (Å²) < 4.78 is 5.23. The van der Waals surface area contributed by atoms with E-state index in [0.29, 0.717) is 12.1 Å². The number of hydrogen-bond acceptors (Lipinski definition) is 4. The Morgan fingerprint density at radius 2 is 1.76 bits per heavy atom. The molecule has 0 unspecified atom stereocenters. The van der Waals surface area contributed by atoms with Crippen LogP contribution in [-0.4, -0.2) is 31.1 Å². The van der Waals surface area contributed by atoms with E-state index in [1.54, 1.807) is 19.5 Å². The number of benzene rings is 2. The molecule has 0 radical (unpaired) electrons. The standard InChI is InChI=1S/C24H27N3O2/c1-29-23-11-5-9-20(15-23)12-14-27-24(28)21-16-22(18-25-17-21)26-13-6-10-19-7-3-2-4-8-19/h2-5,7-9,11,15-18,26H,6,10,12-14H2,1H3,(H,27,28). The van der Waals surface area contributed by atoms with Gasteiger partial charge in [0.25, 0.3) is 5.91 Å². The van der Waals surface area contributed by atoms with Crippen LogP contribution in [0.5, 0.6) is 5.75 Å². The van der Waals surface area contributed by atoms with E-state index in [-0.39, 0.29) is 5.91 Å². The summed E-state index contributed by atoms with van der Waals surface area (Å²) >= 11 is 0. The Kier molecular flexibility index (Phi) is 7.63. The highest BCUT2D eigenvalue weighted by Gasteiger charge is 2.07. The van der Waals surface area contributed by atoms with Gasteiger partial charge in [-0.3, -0.25) is 9.78 Å². The van der Waals surface area contributed by atoms with E-state index in [2.05, 4.69) is 39.9 Å². The van der Waals surface area contributed by atoms with Gasteiger partial charge >= 0.3 is 0 Å². The molecule has 0 saturated carbocycles. The SMILES string of the molecule is COc1cccc(CCNC(=O)c2cncc(NCCCc3ccccc3)c2)c1. The van der Waals surface area contributed by atoms with Crippen molar-refractivity contribution in [3.63, 3.8) is 0 Å². The van der Waals surface area contributed by atoms with Crippen molar-refractivity contribution in [1.82, 2.24) is 10.3 Å². The van der Waals surface area contributed by atoms with Crippen LogP contribution >= 0.6 is 0 Å². The van der Waals surface area contributed by atoms with E-state index in [4.69, 9.17) is 4.74 Å². The molecule has 0 aliphatic carbocycles. The first-order valence-electron chi connectivity index (χ1n) is 9.88. The summed E-state index contributed by atoms with van der Waals surface area (Å²) in [5.74, 6) is 0.706. The molecule has 150 valence electrons. The molecule has 3 rings (SSSR count). The molecule has 5 heteroatoms. The number of methoxy groups -OCH3 is 1. The first-order valence-corrected chi connectivity index (χ1v) is 9.88. The van der Waals surface area contributed by atoms with Gasteiger partial charge in [-0.1, -0.05) is 42.5 Å². The molecule has 1 aromatic heterocycles. The van der Waals surface area contributed by atoms with E-state index in [1.807, 2.05) is 36.4 Å².